The number of alkyl halides is 3. The molecule has 5 nitrogen and oxygen atoms in total. The number of esters is 1. The molecule has 9 heteroatoms. The highest BCUT2D eigenvalue weighted by molar-refractivity contribution is 5.91. The number of benzene rings is 3. The number of methoxy groups -OCH3 is 1. The van der Waals surface area contributed by atoms with Gasteiger partial charge in [0.15, 0.2) is 0 Å². The van der Waals surface area contributed by atoms with Crippen molar-refractivity contribution in [2.45, 2.75) is 39.3 Å². The van der Waals surface area contributed by atoms with Gasteiger partial charge in [-0.25, -0.2) is 9.18 Å². The standard InChI is InChI=1S/C28H25F4NO4/c1-16-14-27(2,3)33-23-12-11-20(21-10-7-18(29)13-24(21)35-4)22(25(16)23)15-36-26(34)17-5-8-19(9-6-17)37-28(30,31)32/h5-14,33H,15H2,1-4H3. The van der Waals surface area contributed by atoms with Crippen LogP contribution in [-0.4, -0.2) is 25.0 Å². The molecular formula is C28H25F4NO4. The van der Waals surface area contributed by atoms with E-state index in [0.717, 1.165) is 29.0 Å². The number of halogens is 4. The van der Waals surface area contributed by atoms with E-state index < -0.39 is 23.9 Å². The molecule has 194 valence electrons. The Balaban J connectivity index is 1.70. The molecule has 0 amide bonds. The third kappa shape index (κ3) is 5.87. The van der Waals surface area contributed by atoms with Crippen LogP contribution in [0.1, 0.15) is 42.3 Å². The van der Waals surface area contributed by atoms with E-state index >= 15 is 0 Å². The van der Waals surface area contributed by atoms with E-state index in [0.29, 0.717) is 22.4 Å². The summed E-state index contributed by atoms with van der Waals surface area (Å²) >= 11 is 0. The second-order valence-electron chi connectivity index (χ2n) is 9.18. The summed E-state index contributed by atoms with van der Waals surface area (Å²) in [7, 11) is 1.44. The number of carbonyl (C=O) groups is 1. The summed E-state index contributed by atoms with van der Waals surface area (Å²) in [5, 5.41) is 3.45. The average molecular weight is 516 g/mol. The fourth-order valence-electron chi connectivity index (χ4n) is 4.50. The van der Waals surface area contributed by atoms with E-state index in [1.54, 1.807) is 6.07 Å². The predicted molar refractivity (Wildman–Crippen MR) is 132 cm³/mol. The van der Waals surface area contributed by atoms with Crippen LogP contribution < -0.4 is 14.8 Å². The minimum Gasteiger partial charge on any atom is -0.496 e. The SMILES string of the molecule is COc1cc(F)ccc1-c1ccc2c(c1COC(=O)c1ccc(OC(F)(F)F)cc1)C(C)=CC(C)(C)N2. The highest BCUT2D eigenvalue weighted by atomic mass is 19.4. The van der Waals surface area contributed by atoms with Crippen LogP contribution in [0, 0.1) is 5.82 Å². The van der Waals surface area contributed by atoms with Gasteiger partial charge in [0.25, 0.3) is 0 Å². The van der Waals surface area contributed by atoms with E-state index in [4.69, 9.17) is 9.47 Å². The van der Waals surface area contributed by atoms with Gasteiger partial charge in [0.1, 0.15) is 23.9 Å². The molecule has 0 saturated carbocycles. The molecule has 0 aliphatic carbocycles. The van der Waals surface area contributed by atoms with Gasteiger partial charge in [-0.3, -0.25) is 0 Å². The Labute approximate surface area is 211 Å². The van der Waals surface area contributed by atoms with Crippen molar-refractivity contribution in [1.29, 1.82) is 0 Å². The smallest absolute Gasteiger partial charge is 0.496 e. The fourth-order valence-corrected chi connectivity index (χ4v) is 4.50. The van der Waals surface area contributed by atoms with E-state index in [9.17, 15) is 22.4 Å². The van der Waals surface area contributed by atoms with Crippen molar-refractivity contribution >= 4 is 17.2 Å². The van der Waals surface area contributed by atoms with Crippen molar-refractivity contribution in [2.24, 2.45) is 0 Å². The molecule has 0 radical (unpaired) electrons. The maximum atomic E-state index is 13.9. The third-order valence-corrected chi connectivity index (χ3v) is 5.87. The normalized spacial score (nSPS) is 14.2. The van der Waals surface area contributed by atoms with Gasteiger partial charge in [0.05, 0.1) is 18.2 Å². The second kappa shape index (κ2) is 9.80. The number of nitrogens with one attached hydrogen (secondary N) is 1. The number of allylic oxidation sites excluding steroid dienone is 1. The number of carbonyl (C=O) groups excluding carboxylic acids is 1. The first-order valence-corrected chi connectivity index (χ1v) is 11.4. The number of fused-ring (bicyclic) bond motifs is 1. The molecule has 1 aliphatic heterocycles. The van der Waals surface area contributed by atoms with Crippen molar-refractivity contribution in [2.75, 3.05) is 12.4 Å². The average Bonchev–Trinajstić information content (AvgIpc) is 2.81. The zero-order valence-electron chi connectivity index (χ0n) is 20.6. The molecule has 3 aromatic rings. The van der Waals surface area contributed by atoms with Crippen LogP contribution in [0.4, 0.5) is 23.2 Å². The van der Waals surface area contributed by atoms with Gasteiger partial charge in [-0.2, -0.15) is 0 Å². The second-order valence-corrected chi connectivity index (χ2v) is 9.18. The molecule has 0 bridgehead atoms. The van der Waals surface area contributed by atoms with Crippen LogP contribution in [0.25, 0.3) is 16.7 Å². The van der Waals surface area contributed by atoms with Crippen molar-refractivity contribution in [3.8, 4) is 22.6 Å². The zero-order chi connectivity index (χ0) is 27.0. The van der Waals surface area contributed by atoms with Gasteiger partial charge in [-0.1, -0.05) is 12.1 Å². The zero-order valence-corrected chi connectivity index (χ0v) is 20.6. The summed E-state index contributed by atoms with van der Waals surface area (Å²) in [5.41, 5.74) is 4.37. The van der Waals surface area contributed by atoms with E-state index in [-0.39, 0.29) is 17.7 Å². The maximum absolute atomic E-state index is 13.9. The lowest BCUT2D eigenvalue weighted by molar-refractivity contribution is -0.274. The van der Waals surface area contributed by atoms with Crippen LogP contribution in [0.5, 0.6) is 11.5 Å². The lowest BCUT2D eigenvalue weighted by Crippen LogP contribution is -2.32. The van der Waals surface area contributed by atoms with Crippen molar-refractivity contribution in [3.05, 3.63) is 83.2 Å². The van der Waals surface area contributed by atoms with Gasteiger partial charge in [-0.05, 0) is 74.4 Å². The molecular weight excluding hydrogens is 490 g/mol. The molecule has 1 heterocycles. The van der Waals surface area contributed by atoms with Crippen LogP contribution in [0.15, 0.2) is 60.7 Å². The molecule has 0 atom stereocenters. The first-order chi connectivity index (χ1) is 17.4. The van der Waals surface area contributed by atoms with Crippen LogP contribution in [-0.2, 0) is 11.3 Å². The third-order valence-electron chi connectivity index (χ3n) is 5.87. The minimum absolute atomic E-state index is 0.0618. The topological polar surface area (TPSA) is 56.8 Å². The molecule has 4 rings (SSSR count). The van der Waals surface area contributed by atoms with Gasteiger partial charge in [-0.15, -0.1) is 13.2 Å². The van der Waals surface area contributed by atoms with E-state index in [1.807, 2.05) is 32.9 Å². The lowest BCUT2D eigenvalue weighted by atomic mass is 9.85. The first kappa shape index (κ1) is 26.1. The maximum Gasteiger partial charge on any atom is 0.573 e. The molecule has 0 fully saturated rings. The fraction of sp³-hybridized carbons (Fsp3) is 0.250. The van der Waals surface area contributed by atoms with E-state index in [2.05, 4.69) is 16.1 Å². The highest BCUT2D eigenvalue weighted by Gasteiger charge is 2.31. The number of hydrogen-bond acceptors (Lipinski definition) is 5. The number of hydrogen-bond donors (Lipinski definition) is 1. The highest BCUT2D eigenvalue weighted by Crippen LogP contribution is 2.42. The number of rotatable bonds is 6. The van der Waals surface area contributed by atoms with Crippen molar-refractivity contribution in [3.63, 3.8) is 0 Å². The Kier molecular flexibility index (Phi) is 6.90. The predicted octanol–water partition coefficient (Wildman–Crippen LogP) is 7.36. The Bertz CT molecular complexity index is 1360. The largest absolute Gasteiger partial charge is 0.573 e. The minimum atomic E-state index is -4.83. The molecule has 1 N–H and O–H groups in total. The Hall–Kier alpha value is -4.01. The summed E-state index contributed by atoms with van der Waals surface area (Å²) < 4.78 is 66.0. The summed E-state index contributed by atoms with van der Waals surface area (Å²) in [6.45, 7) is 5.87. The van der Waals surface area contributed by atoms with Crippen molar-refractivity contribution in [1.82, 2.24) is 0 Å². The van der Waals surface area contributed by atoms with Gasteiger partial charge in [0, 0.05) is 28.4 Å². The Morgan fingerprint density at radius 2 is 1.68 bits per heavy atom. The molecule has 1 aliphatic rings. The van der Waals surface area contributed by atoms with Crippen LogP contribution in [0.3, 0.4) is 0 Å². The van der Waals surface area contributed by atoms with Gasteiger partial charge in [0.2, 0.25) is 0 Å². The molecule has 37 heavy (non-hydrogen) atoms. The molecule has 3 aromatic carbocycles. The lowest BCUT2D eigenvalue weighted by Gasteiger charge is -2.33. The quantitative estimate of drug-likeness (QED) is 0.275. The molecule has 0 unspecified atom stereocenters. The summed E-state index contributed by atoms with van der Waals surface area (Å²) in [6.07, 6.45) is -2.77. The van der Waals surface area contributed by atoms with Gasteiger partial charge < -0.3 is 19.5 Å². The molecule has 0 spiro atoms. The first-order valence-electron chi connectivity index (χ1n) is 11.4. The Morgan fingerprint density at radius 1 is 1.00 bits per heavy atom. The molecule has 0 saturated heterocycles. The summed E-state index contributed by atoms with van der Waals surface area (Å²) in [4.78, 5) is 12.8. The summed E-state index contributed by atoms with van der Waals surface area (Å²) in [5.74, 6) is -1.30. The van der Waals surface area contributed by atoms with Crippen LogP contribution in [0.2, 0.25) is 0 Å². The molecule has 0 aromatic heterocycles. The summed E-state index contributed by atoms with van der Waals surface area (Å²) in [6, 6.07) is 12.4. The van der Waals surface area contributed by atoms with E-state index in [1.165, 1.54) is 31.4 Å². The number of ether oxygens (including phenoxy) is 3. The Morgan fingerprint density at radius 3 is 2.32 bits per heavy atom. The van der Waals surface area contributed by atoms with Crippen LogP contribution >= 0.6 is 0 Å². The van der Waals surface area contributed by atoms with Crippen molar-refractivity contribution < 1.29 is 36.6 Å². The van der Waals surface area contributed by atoms with Gasteiger partial charge >= 0.3 is 12.3 Å². The monoisotopic (exact) mass is 515 g/mol. The number of anilines is 1.